The van der Waals surface area contributed by atoms with E-state index in [4.69, 9.17) is 4.42 Å². The van der Waals surface area contributed by atoms with Crippen LogP contribution in [0.4, 0.5) is 11.5 Å². The zero-order valence-corrected chi connectivity index (χ0v) is 9.94. The summed E-state index contributed by atoms with van der Waals surface area (Å²) in [6.07, 6.45) is 3.42. The minimum Gasteiger partial charge on any atom is -0.423 e. The molecule has 8 heteroatoms. The molecular formula is C11H11N5O3. The van der Waals surface area contributed by atoms with Gasteiger partial charge in [-0.25, -0.2) is 4.98 Å². The van der Waals surface area contributed by atoms with E-state index in [9.17, 15) is 10.1 Å². The van der Waals surface area contributed by atoms with Gasteiger partial charge in [-0.1, -0.05) is 0 Å². The molecule has 2 aromatic heterocycles. The lowest BCUT2D eigenvalue weighted by atomic mass is 10.4. The lowest BCUT2D eigenvalue weighted by Gasteiger charge is -2.01. The van der Waals surface area contributed by atoms with E-state index >= 15 is 0 Å². The van der Waals surface area contributed by atoms with E-state index in [1.54, 1.807) is 0 Å². The Morgan fingerprint density at radius 2 is 2.26 bits per heavy atom. The van der Waals surface area contributed by atoms with Crippen molar-refractivity contribution in [3.8, 4) is 0 Å². The fraction of sp³-hybridized carbons (Fsp3) is 0.364. The van der Waals surface area contributed by atoms with Gasteiger partial charge >= 0.3 is 0 Å². The molecule has 3 rings (SSSR count). The van der Waals surface area contributed by atoms with Crippen LogP contribution in [0.25, 0.3) is 0 Å². The van der Waals surface area contributed by atoms with Gasteiger partial charge in [0.15, 0.2) is 0 Å². The Hall–Kier alpha value is -2.51. The first-order valence-corrected chi connectivity index (χ1v) is 5.89. The number of hydrogen-bond donors (Lipinski definition) is 1. The fourth-order valence-corrected chi connectivity index (χ4v) is 1.60. The molecule has 0 radical (unpaired) electrons. The highest BCUT2D eigenvalue weighted by Crippen LogP contribution is 2.38. The van der Waals surface area contributed by atoms with Gasteiger partial charge in [-0.05, 0) is 18.9 Å². The van der Waals surface area contributed by atoms with Crippen molar-refractivity contribution in [3.05, 3.63) is 40.2 Å². The normalized spacial score (nSPS) is 14.3. The number of aromatic nitrogens is 3. The number of nitrogens with zero attached hydrogens (tertiary/aromatic N) is 4. The maximum absolute atomic E-state index is 10.5. The van der Waals surface area contributed by atoms with Crippen molar-refractivity contribution in [1.29, 1.82) is 0 Å². The van der Waals surface area contributed by atoms with Gasteiger partial charge in [0.1, 0.15) is 12.0 Å². The van der Waals surface area contributed by atoms with Crippen LogP contribution in [0.2, 0.25) is 0 Å². The van der Waals surface area contributed by atoms with Crippen molar-refractivity contribution in [2.75, 3.05) is 5.32 Å². The van der Waals surface area contributed by atoms with E-state index < -0.39 is 4.92 Å². The first-order valence-electron chi connectivity index (χ1n) is 5.89. The van der Waals surface area contributed by atoms with Crippen molar-refractivity contribution in [3.63, 3.8) is 0 Å². The van der Waals surface area contributed by atoms with Crippen molar-refractivity contribution in [1.82, 2.24) is 15.2 Å². The highest BCUT2D eigenvalue weighted by atomic mass is 16.6. The number of anilines is 1. The van der Waals surface area contributed by atoms with Gasteiger partial charge < -0.3 is 9.73 Å². The molecule has 98 valence electrons. The topological polar surface area (TPSA) is 107 Å². The molecule has 1 fully saturated rings. The molecule has 2 heterocycles. The summed E-state index contributed by atoms with van der Waals surface area (Å²) < 4.78 is 5.47. The molecule has 0 atom stereocenters. The molecule has 0 aliphatic heterocycles. The van der Waals surface area contributed by atoms with Gasteiger partial charge in [-0.3, -0.25) is 10.1 Å². The maximum atomic E-state index is 10.5. The largest absolute Gasteiger partial charge is 0.423 e. The van der Waals surface area contributed by atoms with Crippen LogP contribution in [0.5, 0.6) is 0 Å². The molecule has 2 aromatic rings. The van der Waals surface area contributed by atoms with E-state index in [1.807, 2.05) is 0 Å². The highest BCUT2D eigenvalue weighted by Gasteiger charge is 2.29. The van der Waals surface area contributed by atoms with Gasteiger partial charge in [-0.15, -0.1) is 10.2 Å². The summed E-state index contributed by atoms with van der Waals surface area (Å²) >= 11 is 0. The third-order valence-corrected chi connectivity index (χ3v) is 2.79. The molecule has 0 saturated heterocycles. The first-order chi connectivity index (χ1) is 9.22. The second-order valence-electron chi connectivity index (χ2n) is 4.32. The molecule has 1 aliphatic carbocycles. The predicted octanol–water partition coefficient (Wildman–Crippen LogP) is 1.86. The zero-order valence-electron chi connectivity index (χ0n) is 9.94. The molecule has 1 N–H and O–H groups in total. The average molecular weight is 261 g/mol. The van der Waals surface area contributed by atoms with Crippen LogP contribution >= 0.6 is 0 Å². The smallest absolute Gasteiger partial charge is 0.287 e. The lowest BCUT2D eigenvalue weighted by molar-refractivity contribution is -0.385. The summed E-state index contributed by atoms with van der Waals surface area (Å²) in [4.78, 5) is 13.9. The molecule has 1 aliphatic rings. The molecule has 19 heavy (non-hydrogen) atoms. The molecule has 0 spiro atoms. The van der Waals surface area contributed by atoms with Crippen LogP contribution < -0.4 is 5.32 Å². The third kappa shape index (κ3) is 2.67. The van der Waals surface area contributed by atoms with Crippen LogP contribution in [-0.4, -0.2) is 20.1 Å². The molecule has 8 nitrogen and oxygen atoms in total. The quantitative estimate of drug-likeness (QED) is 0.646. The minimum atomic E-state index is -0.489. The Balaban J connectivity index is 1.59. The first kappa shape index (κ1) is 11.6. The molecule has 0 bridgehead atoms. The Kier molecular flexibility index (Phi) is 2.82. The van der Waals surface area contributed by atoms with Crippen LogP contribution in [0.15, 0.2) is 22.7 Å². The maximum Gasteiger partial charge on any atom is 0.287 e. The Bertz CT molecular complexity index is 591. The summed E-state index contributed by atoms with van der Waals surface area (Å²) in [5.41, 5.74) is -0.0423. The highest BCUT2D eigenvalue weighted by molar-refractivity contribution is 5.39. The summed E-state index contributed by atoms with van der Waals surface area (Å²) in [5, 5.41) is 21.3. The van der Waals surface area contributed by atoms with E-state index in [0.717, 1.165) is 12.8 Å². The van der Waals surface area contributed by atoms with E-state index in [-0.39, 0.29) is 5.69 Å². The second-order valence-corrected chi connectivity index (χ2v) is 4.32. The number of nitro groups is 1. The number of hydrogen-bond acceptors (Lipinski definition) is 7. The summed E-state index contributed by atoms with van der Waals surface area (Å²) in [6.45, 7) is 0.352. The SMILES string of the molecule is O=[N+]([O-])c1ccc(NCc2nnc(C3CC3)o2)nc1. The van der Waals surface area contributed by atoms with Crippen molar-refractivity contribution >= 4 is 11.5 Å². The van der Waals surface area contributed by atoms with Gasteiger partial charge in [0.05, 0.1) is 11.5 Å². The Labute approximate surface area is 108 Å². The Morgan fingerprint density at radius 3 is 2.89 bits per heavy atom. The fourth-order valence-electron chi connectivity index (χ4n) is 1.60. The van der Waals surface area contributed by atoms with Gasteiger partial charge in [0.25, 0.3) is 5.69 Å². The van der Waals surface area contributed by atoms with Crippen LogP contribution in [-0.2, 0) is 6.54 Å². The summed E-state index contributed by atoms with van der Waals surface area (Å²) in [7, 11) is 0. The molecule has 0 unspecified atom stereocenters. The van der Waals surface area contributed by atoms with E-state index in [2.05, 4.69) is 20.5 Å². The van der Waals surface area contributed by atoms with Crippen molar-refractivity contribution < 1.29 is 9.34 Å². The van der Waals surface area contributed by atoms with Gasteiger partial charge in [0, 0.05) is 12.0 Å². The van der Waals surface area contributed by atoms with E-state index in [0.29, 0.717) is 30.1 Å². The van der Waals surface area contributed by atoms with Crippen molar-refractivity contribution in [2.45, 2.75) is 25.3 Å². The third-order valence-electron chi connectivity index (χ3n) is 2.79. The predicted molar refractivity (Wildman–Crippen MR) is 64.5 cm³/mol. The lowest BCUT2D eigenvalue weighted by Crippen LogP contribution is -2.01. The Morgan fingerprint density at radius 1 is 1.42 bits per heavy atom. The van der Waals surface area contributed by atoms with E-state index in [1.165, 1.54) is 18.3 Å². The zero-order chi connectivity index (χ0) is 13.2. The molecule has 0 amide bonds. The van der Waals surface area contributed by atoms with Crippen LogP contribution in [0.1, 0.15) is 30.5 Å². The van der Waals surface area contributed by atoms with Crippen LogP contribution in [0.3, 0.4) is 0 Å². The summed E-state index contributed by atoms with van der Waals surface area (Å²) in [6, 6.07) is 2.93. The van der Waals surface area contributed by atoms with Gasteiger partial charge in [-0.2, -0.15) is 0 Å². The minimum absolute atomic E-state index is 0.0423. The monoisotopic (exact) mass is 261 g/mol. The molecular weight excluding hydrogens is 250 g/mol. The standard InChI is InChI=1S/C11H11N5O3/c17-16(18)8-3-4-9(12-5-8)13-6-10-14-15-11(19-10)7-1-2-7/h3-5,7H,1-2,6H2,(H,12,13). The number of nitrogens with one attached hydrogen (secondary N) is 1. The number of pyridine rings is 1. The second kappa shape index (κ2) is 4.63. The number of rotatable bonds is 5. The molecule has 0 aromatic carbocycles. The average Bonchev–Trinajstić information content (AvgIpc) is 3.16. The summed E-state index contributed by atoms with van der Waals surface area (Å²) in [5.74, 6) is 2.13. The van der Waals surface area contributed by atoms with Crippen LogP contribution in [0, 0.1) is 10.1 Å². The van der Waals surface area contributed by atoms with Crippen molar-refractivity contribution in [2.24, 2.45) is 0 Å². The molecule has 1 saturated carbocycles. The van der Waals surface area contributed by atoms with Gasteiger partial charge in [0.2, 0.25) is 11.8 Å².